The highest BCUT2D eigenvalue weighted by Gasteiger charge is 2.21. The summed E-state index contributed by atoms with van der Waals surface area (Å²) in [6, 6.07) is 3.58. The molecule has 14 heavy (non-hydrogen) atoms. The van der Waals surface area contributed by atoms with Gasteiger partial charge in [-0.2, -0.15) is 0 Å². The van der Waals surface area contributed by atoms with Crippen LogP contribution in [-0.4, -0.2) is 23.9 Å². The third kappa shape index (κ3) is 1.99. The van der Waals surface area contributed by atoms with Crippen LogP contribution in [-0.2, 0) is 0 Å². The van der Waals surface area contributed by atoms with Gasteiger partial charge in [-0.15, -0.1) is 0 Å². The van der Waals surface area contributed by atoms with Crippen LogP contribution >= 0.6 is 0 Å². The lowest BCUT2D eigenvalue weighted by Crippen LogP contribution is -2.34. The van der Waals surface area contributed by atoms with Crippen LogP contribution in [0.4, 0.5) is 0 Å². The molecular formula is C11H14N2O. The molecular weight excluding hydrogens is 176 g/mol. The van der Waals surface area contributed by atoms with E-state index in [9.17, 15) is 4.79 Å². The highest BCUT2D eigenvalue weighted by molar-refractivity contribution is 5.97. The molecule has 2 rings (SSSR count). The van der Waals surface area contributed by atoms with E-state index in [1.54, 1.807) is 24.5 Å². The zero-order valence-electron chi connectivity index (χ0n) is 8.07. The van der Waals surface area contributed by atoms with Gasteiger partial charge in [0.25, 0.3) is 0 Å². The summed E-state index contributed by atoms with van der Waals surface area (Å²) < 4.78 is 0. The number of aromatic nitrogens is 1. The van der Waals surface area contributed by atoms with E-state index in [1.165, 1.54) is 0 Å². The van der Waals surface area contributed by atoms with E-state index in [2.05, 4.69) is 10.3 Å². The number of carbonyl (C=O) groups is 1. The number of ketones is 1. The van der Waals surface area contributed by atoms with Crippen molar-refractivity contribution in [3.05, 3.63) is 30.1 Å². The Morgan fingerprint density at radius 1 is 1.43 bits per heavy atom. The van der Waals surface area contributed by atoms with Crippen LogP contribution in [0, 0.1) is 5.92 Å². The van der Waals surface area contributed by atoms with Crippen LogP contribution in [0.15, 0.2) is 24.5 Å². The number of hydrogen-bond donors (Lipinski definition) is 1. The summed E-state index contributed by atoms with van der Waals surface area (Å²) in [6.07, 6.45) is 5.45. The van der Waals surface area contributed by atoms with Gasteiger partial charge in [0.2, 0.25) is 0 Å². The maximum atomic E-state index is 11.9. The molecule has 0 unspecified atom stereocenters. The monoisotopic (exact) mass is 190 g/mol. The lowest BCUT2D eigenvalue weighted by Gasteiger charge is -2.21. The van der Waals surface area contributed by atoms with E-state index in [1.807, 2.05) is 0 Å². The van der Waals surface area contributed by atoms with Crippen LogP contribution in [0.1, 0.15) is 23.2 Å². The van der Waals surface area contributed by atoms with Crippen molar-refractivity contribution in [1.82, 2.24) is 10.3 Å². The average molecular weight is 190 g/mol. The minimum atomic E-state index is 0.158. The van der Waals surface area contributed by atoms with Gasteiger partial charge in [0, 0.05) is 30.4 Å². The highest BCUT2D eigenvalue weighted by Crippen LogP contribution is 2.15. The normalized spacial score (nSPS) is 21.9. The van der Waals surface area contributed by atoms with Gasteiger partial charge in [-0.1, -0.05) is 0 Å². The fourth-order valence-electron chi connectivity index (χ4n) is 1.83. The molecule has 2 heterocycles. The maximum absolute atomic E-state index is 11.9. The number of nitrogens with zero attached hydrogens (tertiary/aromatic N) is 1. The molecule has 74 valence electrons. The van der Waals surface area contributed by atoms with Gasteiger partial charge < -0.3 is 5.32 Å². The predicted molar refractivity (Wildman–Crippen MR) is 54.2 cm³/mol. The predicted octanol–water partition coefficient (Wildman–Crippen LogP) is 1.26. The molecule has 0 amide bonds. The van der Waals surface area contributed by atoms with E-state index in [0.717, 1.165) is 31.5 Å². The third-order valence-corrected chi connectivity index (χ3v) is 2.63. The molecule has 1 N–H and O–H groups in total. The molecule has 3 nitrogen and oxygen atoms in total. The van der Waals surface area contributed by atoms with Crippen molar-refractivity contribution in [2.75, 3.05) is 13.1 Å². The Balaban J connectivity index is 2.07. The summed E-state index contributed by atoms with van der Waals surface area (Å²) in [6.45, 7) is 1.86. The smallest absolute Gasteiger partial charge is 0.167 e. The number of piperidine rings is 1. The quantitative estimate of drug-likeness (QED) is 0.714. The Morgan fingerprint density at radius 2 is 2.21 bits per heavy atom. The van der Waals surface area contributed by atoms with E-state index in [0.29, 0.717) is 0 Å². The summed E-state index contributed by atoms with van der Waals surface area (Å²) >= 11 is 0. The van der Waals surface area contributed by atoms with Crippen molar-refractivity contribution >= 4 is 5.78 Å². The zero-order chi connectivity index (χ0) is 9.80. The summed E-state index contributed by atoms with van der Waals surface area (Å²) in [5.41, 5.74) is 0.786. The maximum Gasteiger partial charge on any atom is 0.167 e. The van der Waals surface area contributed by atoms with E-state index >= 15 is 0 Å². The molecule has 1 aromatic heterocycles. The van der Waals surface area contributed by atoms with E-state index < -0.39 is 0 Å². The van der Waals surface area contributed by atoms with Crippen molar-refractivity contribution in [2.24, 2.45) is 5.92 Å². The van der Waals surface area contributed by atoms with Crippen molar-refractivity contribution in [2.45, 2.75) is 12.8 Å². The molecule has 1 atom stereocenters. The molecule has 0 aliphatic carbocycles. The zero-order valence-corrected chi connectivity index (χ0v) is 8.07. The van der Waals surface area contributed by atoms with Crippen molar-refractivity contribution in [1.29, 1.82) is 0 Å². The molecule has 0 saturated carbocycles. The molecule has 1 aliphatic rings. The molecule has 0 bridgehead atoms. The first-order valence-corrected chi connectivity index (χ1v) is 5.03. The lowest BCUT2D eigenvalue weighted by molar-refractivity contribution is 0.0899. The van der Waals surface area contributed by atoms with Gasteiger partial charge >= 0.3 is 0 Å². The SMILES string of the molecule is O=C(c1ccncc1)[C@@H]1CCCNC1. The average Bonchev–Trinajstić information content (AvgIpc) is 2.30. The Bertz CT molecular complexity index is 304. The van der Waals surface area contributed by atoms with Crippen LogP contribution in [0.25, 0.3) is 0 Å². The fourth-order valence-corrected chi connectivity index (χ4v) is 1.83. The summed E-state index contributed by atoms with van der Waals surface area (Å²) in [5, 5.41) is 3.25. The van der Waals surface area contributed by atoms with Gasteiger partial charge in [-0.25, -0.2) is 0 Å². The third-order valence-electron chi connectivity index (χ3n) is 2.63. The Morgan fingerprint density at radius 3 is 2.86 bits per heavy atom. The fraction of sp³-hybridized carbons (Fsp3) is 0.455. The first kappa shape index (κ1) is 9.34. The number of rotatable bonds is 2. The Hall–Kier alpha value is -1.22. The molecule has 1 aliphatic heterocycles. The lowest BCUT2D eigenvalue weighted by atomic mass is 9.91. The van der Waals surface area contributed by atoms with Crippen LogP contribution < -0.4 is 5.32 Å². The van der Waals surface area contributed by atoms with Crippen LogP contribution in [0.3, 0.4) is 0 Å². The molecule has 3 heteroatoms. The van der Waals surface area contributed by atoms with Crippen molar-refractivity contribution < 1.29 is 4.79 Å². The van der Waals surface area contributed by atoms with Gasteiger partial charge in [0.05, 0.1) is 0 Å². The molecule has 0 aromatic carbocycles. The standard InChI is InChI=1S/C11H14N2O/c14-11(9-3-6-12-7-4-9)10-2-1-5-13-8-10/h3-4,6-7,10,13H,1-2,5,8H2/t10-/m1/s1. The molecule has 0 radical (unpaired) electrons. The molecule has 0 spiro atoms. The topological polar surface area (TPSA) is 42.0 Å². The highest BCUT2D eigenvalue weighted by atomic mass is 16.1. The van der Waals surface area contributed by atoms with Crippen LogP contribution in [0.5, 0.6) is 0 Å². The molecule has 1 fully saturated rings. The van der Waals surface area contributed by atoms with Gasteiger partial charge in [0.15, 0.2) is 5.78 Å². The second-order valence-corrected chi connectivity index (χ2v) is 3.64. The van der Waals surface area contributed by atoms with Gasteiger partial charge in [0.1, 0.15) is 0 Å². The van der Waals surface area contributed by atoms with Gasteiger partial charge in [-0.05, 0) is 31.5 Å². The number of hydrogen-bond acceptors (Lipinski definition) is 3. The number of pyridine rings is 1. The number of carbonyl (C=O) groups excluding carboxylic acids is 1. The Labute approximate surface area is 83.5 Å². The largest absolute Gasteiger partial charge is 0.316 e. The molecule has 1 saturated heterocycles. The van der Waals surface area contributed by atoms with Gasteiger partial charge in [-0.3, -0.25) is 9.78 Å². The minimum Gasteiger partial charge on any atom is -0.316 e. The minimum absolute atomic E-state index is 0.158. The number of nitrogens with one attached hydrogen (secondary N) is 1. The van der Waals surface area contributed by atoms with E-state index in [-0.39, 0.29) is 11.7 Å². The van der Waals surface area contributed by atoms with Crippen molar-refractivity contribution in [3.8, 4) is 0 Å². The number of Topliss-reactive ketones (excluding diaryl/α,β-unsaturated/α-hetero) is 1. The summed E-state index contributed by atoms with van der Waals surface area (Å²) in [5.74, 6) is 0.408. The first-order chi connectivity index (χ1) is 6.88. The second kappa shape index (κ2) is 4.33. The van der Waals surface area contributed by atoms with E-state index in [4.69, 9.17) is 0 Å². The van der Waals surface area contributed by atoms with Crippen LogP contribution in [0.2, 0.25) is 0 Å². The molecule has 1 aromatic rings. The summed E-state index contributed by atoms with van der Waals surface area (Å²) in [7, 11) is 0. The second-order valence-electron chi connectivity index (χ2n) is 3.64. The first-order valence-electron chi connectivity index (χ1n) is 5.03. The Kier molecular flexibility index (Phi) is 2.89. The van der Waals surface area contributed by atoms with Crippen molar-refractivity contribution in [3.63, 3.8) is 0 Å². The summed E-state index contributed by atoms with van der Waals surface area (Å²) in [4.78, 5) is 15.8.